The van der Waals surface area contributed by atoms with Gasteiger partial charge in [0.2, 0.25) is 9.84 Å². The Morgan fingerprint density at radius 3 is 2.00 bits per heavy atom. The fraction of sp³-hybridized carbons (Fsp3) is 0.143. The molecule has 2 N–H and O–H groups in total. The van der Waals surface area contributed by atoms with Crippen molar-refractivity contribution >= 4 is 9.84 Å². The Bertz CT molecular complexity index is 688. The number of benzene rings is 2. The van der Waals surface area contributed by atoms with Gasteiger partial charge in [-0.15, -0.1) is 0 Å². The summed E-state index contributed by atoms with van der Waals surface area (Å²) in [6.07, 6.45) is 0.834. The largest absolute Gasteiger partial charge is 0.504 e. The molecule has 4 nitrogen and oxygen atoms in total. The van der Waals surface area contributed by atoms with E-state index in [9.17, 15) is 18.6 Å². The lowest BCUT2D eigenvalue weighted by Gasteiger charge is -2.06. The van der Waals surface area contributed by atoms with Crippen molar-refractivity contribution in [2.45, 2.75) is 23.1 Å². The van der Waals surface area contributed by atoms with Gasteiger partial charge in [-0.3, -0.25) is 0 Å². The highest BCUT2D eigenvalue weighted by molar-refractivity contribution is 7.91. The van der Waals surface area contributed by atoms with Crippen LogP contribution in [0, 0.1) is 0 Å². The van der Waals surface area contributed by atoms with E-state index in [1.807, 2.05) is 6.92 Å². The molecule has 0 fully saturated rings. The molecule has 0 amide bonds. The molecule has 0 bridgehead atoms. The van der Waals surface area contributed by atoms with Gasteiger partial charge in [-0.1, -0.05) is 19.1 Å². The number of phenols is 2. The van der Waals surface area contributed by atoms with E-state index in [-0.39, 0.29) is 15.5 Å². The third-order valence-corrected chi connectivity index (χ3v) is 4.67. The second-order valence-corrected chi connectivity index (χ2v) is 6.10. The summed E-state index contributed by atoms with van der Waals surface area (Å²) in [6, 6.07) is 10.1. The maximum atomic E-state index is 12.3. The Kier molecular flexibility index (Phi) is 3.48. The average Bonchev–Trinajstić information content (AvgIpc) is 2.41. The Balaban J connectivity index is 2.48. The maximum Gasteiger partial charge on any atom is 0.206 e. The van der Waals surface area contributed by atoms with Crippen LogP contribution in [-0.2, 0) is 16.3 Å². The second-order valence-electron chi connectivity index (χ2n) is 4.15. The van der Waals surface area contributed by atoms with Crippen molar-refractivity contribution in [2.75, 3.05) is 0 Å². The van der Waals surface area contributed by atoms with E-state index in [4.69, 9.17) is 0 Å². The summed E-state index contributed by atoms with van der Waals surface area (Å²) in [5, 5.41) is 18.6. The van der Waals surface area contributed by atoms with Crippen LogP contribution in [0.5, 0.6) is 11.5 Å². The molecule has 2 aromatic rings. The molecule has 0 spiro atoms. The first-order chi connectivity index (χ1) is 8.95. The third-order valence-electron chi connectivity index (χ3n) is 2.90. The number of aromatic hydroxyl groups is 2. The van der Waals surface area contributed by atoms with E-state index < -0.39 is 15.6 Å². The Hall–Kier alpha value is -2.01. The first-order valence-electron chi connectivity index (χ1n) is 5.81. The molecule has 0 atom stereocenters. The van der Waals surface area contributed by atoms with Crippen LogP contribution in [0.15, 0.2) is 52.3 Å². The topological polar surface area (TPSA) is 74.6 Å². The van der Waals surface area contributed by atoms with Crippen molar-refractivity contribution in [3.8, 4) is 11.5 Å². The summed E-state index contributed by atoms with van der Waals surface area (Å²) >= 11 is 0. The standard InChI is InChI=1S/C14H14O4S/c1-2-10-3-5-11(6-4-10)19(17,18)12-7-8-13(15)14(16)9-12/h3-9,15-16H,2H2,1H3. The van der Waals surface area contributed by atoms with Crippen molar-refractivity contribution in [2.24, 2.45) is 0 Å². The monoisotopic (exact) mass is 278 g/mol. The maximum absolute atomic E-state index is 12.3. The molecule has 0 saturated carbocycles. The predicted molar refractivity (Wildman–Crippen MR) is 71.0 cm³/mol. The van der Waals surface area contributed by atoms with Crippen LogP contribution < -0.4 is 0 Å². The second kappa shape index (κ2) is 4.93. The number of hydrogen-bond acceptors (Lipinski definition) is 4. The molecule has 100 valence electrons. The molecule has 0 aliphatic rings. The SMILES string of the molecule is CCc1ccc(S(=O)(=O)c2ccc(O)c(O)c2)cc1. The van der Waals surface area contributed by atoms with Crippen molar-refractivity contribution in [3.05, 3.63) is 48.0 Å². The number of aryl methyl sites for hydroxylation is 1. The van der Waals surface area contributed by atoms with Gasteiger partial charge in [0.25, 0.3) is 0 Å². The van der Waals surface area contributed by atoms with Crippen LogP contribution in [0.2, 0.25) is 0 Å². The van der Waals surface area contributed by atoms with Crippen LogP contribution in [0.25, 0.3) is 0 Å². The smallest absolute Gasteiger partial charge is 0.206 e. The molecule has 2 aromatic carbocycles. The van der Waals surface area contributed by atoms with E-state index in [1.165, 1.54) is 18.2 Å². The zero-order valence-corrected chi connectivity index (χ0v) is 11.2. The van der Waals surface area contributed by atoms with E-state index in [2.05, 4.69) is 0 Å². The van der Waals surface area contributed by atoms with Gasteiger partial charge >= 0.3 is 0 Å². The first kappa shape index (κ1) is 13.4. The van der Waals surface area contributed by atoms with E-state index in [0.29, 0.717) is 0 Å². The third kappa shape index (κ3) is 2.56. The molecule has 5 heteroatoms. The van der Waals surface area contributed by atoms with Gasteiger partial charge in [0.15, 0.2) is 11.5 Å². The van der Waals surface area contributed by atoms with Gasteiger partial charge in [-0.2, -0.15) is 0 Å². The Labute approximate surface area is 111 Å². The molecule has 0 heterocycles. The number of hydrogen-bond donors (Lipinski definition) is 2. The zero-order valence-electron chi connectivity index (χ0n) is 10.4. The first-order valence-corrected chi connectivity index (χ1v) is 7.29. The fourth-order valence-corrected chi connectivity index (χ4v) is 2.99. The van der Waals surface area contributed by atoms with Crippen LogP contribution in [0.1, 0.15) is 12.5 Å². The summed E-state index contributed by atoms with van der Waals surface area (Å²) in [7, 11) is -3.67. The molecule has 19 heavy (non-hydrogen) atoms. The minimum absolute atomic E-state index is 0.0490. The van der Waals surface area contributed by atoms with Gasteiger partial charge in [0.05, 0.1) is 9.79 Å². The molecule has 0 aromatic heterocycles. The molecule has 0 saturated heterocycles. The van der Waals surface area contributed by atoms with Gasteiger partial charge in [0, 0.05) is 6.07 Å². The highest BCUT2D eigenvalue weighted by atomic mass is 32.2. The van der Waals surface area contributed by atoms with Crippen molar-refractivity contribution < 1.29 is 18.6 Å². The lowest BCUT2D eigenvalue weighted by molar-refractivity contribution is 0.402. The normalized spacial score (nSPS) is 11.4. The molecule has 0 radical (unpaired) electrons. The van der Waals surface area contributed by atoms with Crippen LogP contribution >= 0.6 is 0 Å². The molecular formula is C14H14O4S. The highest BCUT2D eigenvalue weighted by Crippen LogP contribution is 2.30. The van der Waals surface area contributed by atoms with Crippen molar-refractivity contribution in [3.63, 3.8) is 0 Å². The summed E-state index contributed by atoms with van der Waals surface area (Å²) in [5.74, 6) is -0.800. The summed E-state index contributed by atoms with van der Waals surface area (Å²) in [4.78, 5) is 0.113. The van der Waals surface area contributed by atoms with Crippen molar-refractivity contribution in [1.82, 2.24) is 0 Å². The summed E-state index contributed by atoms with van der Waals surface area (Å²) in [6.45, 7) is 1.99. The lowest BCUT2D eigenvalue weighted by atomic mass is 10.2. The van der Waals surface area contributed by atoms with Gasteiger partial charge in [-0.05, 0) is 36.2 Å². The fourth-order valence-electron chi connectivity index (χ4n) is 1.71. The zero-order chi connectivity index (χ0) is 14.0. The summed E-state index contributed by atoms with van der Waals surface area (Å²) in [5.41, 5.74) is 1.05. The van der Waals surface area contributed by atoms with Crippen molar-refractivity contribution in [1.29, 1.82) is 0 Å². The number of rotatable bonds is 3. The quantitative estimate of drug-likeness (QED) is 0.846. The predicted octanol–water partition coefficient (Wildman–Crippen LogP) is 2.49. The average molecular weight is 278 g/mol. The minimum atomic E-state index is -3.67. The van der Waals surface area contributed by atoms with E-state index >= 15 is 0 Å². The van der Waals surface area contributed by atoms with Crippen LogP contribution in [0.3, 0.4) is 0 Å². The highest BCUT2D eigenvalue weighted by Gasteiger charge is 2.18. The van der Waals surface area contributed by atoms with Crippen LogP contribution in [0.4, 0.5) is 0 Å². The molecule has 0 aliphatic carbocycles. The van der Waals surface area contributed by atoms with Gasteiger partial charge < -0.3 is 10.2 Å². The lowest BCUT2D eigenvalue weighted by Crippen LogP contribution is -2.01. The summed E-state index contributed by atoms with van der Waals surface area (Å²) < 4.78 is 24.6. The number of sulfone groups is 1. The Morgan fingerprint density at radius 2 is 1.47 bits per heavy atom. The molecule has 0 aliphatic heterocycles. The van der Waals surface area contributed by atoms with E-state index in [0.717, 1.165) is 24.1 Å². The van der Waals surface area contributed by atoms with Crippen LogP contribution in [-0.4, -0.2) is 18.6 Å². The Morgan fingerprint density at radius 1 is 0.895 bits per heavy atom. The van der Waals surface area contributed by atoms with Gasteiger partial charge in [-0.25, -0.2) is 8.42 Å². The molecule has 2 rings (SSSR count). The van der Waals surface area contributed by atoms with Gasteiger partial charge in [0.1, 0.15) is 0 Å². The number of phenolic OH excluding ortho intramolecular Hbond substituents is 2. The molecule has 0 unspecified atom stereocenters. The molecular weight excluding hydrogens is 264 g/mol. The minimum Gasteiger partial charge on any atom is -0.504 e. The van der Waals surface area contributed by atoms with E-state index in [1.54, 1.807) is 12.1 Å².